The summed E-state index contributed by atoms with van der Waals surface area (Å²) in [6.07, 6.45) is 42.1. The first-order chi connectivity index (χ1) is 27.1. The van der Waals surface area contributed by atoms with Gasteiger partial charge in [0.1, 0.15) is 0 Å². The minimum Gasteiger partial charge on any atom is -0.252 e. The lowest BCUT2D eigenvalue weighted by Crippen LogP contribution is -2.14. The largest absolute Gasteiger partial charge is 0.252 e. The first-order valence-electron chi connectivity index (χ1n) is 24.0. The maximum absolute atomic E-state index is 5.30. The zero-order valence-electron chi connectivity index (χ0n) is 37.1. The average molecular weight is 751 g/mol. The van der Waals surface area contributed by atoms with Gasteiger partial charge >= 0.3 is 0 Å². The molecule has 0 N–H and O–H groups in total. The first-order valence-corrected chi connectivity index (χ1v) is 24.0. The van der Waals surface area contributed by atoms with Crippen molar-refractivity contribution < 1.29 is 0 Å². The summed E-state index contributed by atoms with van der Waals surface area (Å²) in [5.41, 5.74) is 8.32. The third-order valence-corrected chi connectivity index (χ3v) is 11.3. The highest BCUT2D eigenvalue weighted by Gasteiger charge is 2.12. The van der Waals surface area contributed by atoms with E-state index in [1.54, 1.807) is 0 Å². The quantitative estimate of drug-likeness (QED) is 0.0387. The van der Waals surface area contributed by atoms with Gasteiger partial charge < -0.3 is 0 Å². The molecule has 2 nitrogen and oxygen atoms in total. The van der Waals surface area contributed by atoms with Crippen LogP contribution in [-0.4, -0.2) is 11.4 Å². The summed E-state index contributed by atoms with van der Waals surface area (Å²) in [5.74, 6) is 6.93. The lowest BCUT2D eigenvalue weighted by atomic mass is 10.0. The third kappa shape index (κ3) is 24.6. The molecule has 2 aromatic rings. The monoisotopic (exact) mass is 751 g/mol. The summed E-state index contributed by atoms with van der Waals surface area (Å²) in [6.45, 7) is 11.3. The van der Waals surface area contributed by atoms with Crippen molar-refractivity contribution in [1.29, 1.82) is 0 Å². The van der Waals surface area contributed by atoms with Crippen LogP contribution in [0.25, 0.3) is 0 Å². The molecule has 0 aliphatic rings. The standard InChI is InChI=1S/C53H86N2/c1-6-11-14-16-17-18-19-20-21-22-23-24-25-26-27-28-29-30-31-32-33-34-35-38-47-39-37-40-50(45-47)54-53(42-36-15-12-7-2)52(41-13-8-3)55-51-44-43-48(9-4)49(10-5)46-51/h37,39-40,43-46H,6-34,36,41-42H2,1-5H3. The molecular formula is C53H86N2. The van der Waals surface area contributed by atoms with E-state index in [1.807, 2.05) is 0 Å². The van der Waals surface area contributed by atoms with E-state index in [2.05, 4.69) is 88.9 Å². The van der Waals surface area contributed by atoms with Gasteiger partial charge in [-0.3, -0.25) is 9.98 Å². The topological polar surface area (TPSA) is 24.7 Å². The average Bonchev–Trinajstić information content (AvgIpc) is 3.21. The van der Waals surface area contributed by atoms with E-state index in [4.69, 9.17) is 9.98 Å². The van der Waals surface area contributed by atoms with E-state index in [0.29, 0.717) is 0 Å². The van der Waals surface area contributed by atoms with E-state index >= 15 is 0 Å². The van der Waals surface area contributed by atoms with Gasteiger partial charge in [0, 0.05) is 12.0 Å². The van der Waals surface area contributed by atoms with Gasteiger partial charge in [0.25, 0.3) is 0 Å². The van der Waals surface area contributed by atoms with Gasteiger partial charge in [0.15, 0.2) is 0 Å². The minimum absolute atomic E-state index is 0.971. The highest BCUT2D eigenvalue weighted by Crippen LogP contribution is 2.24. The SMILES string of the molecule is CCCCCCCCCCCCCCCCCCCCCCCC#Cc1cccc(N=C(CCCCCC)C(CCCC)=Nc2ccc(CC)c(CC)c2)c1. The number of rotatable bonds is 34. The molecule has 0 aromatic heterocycles. The van der Waals surface area contributed by atoms with Crippen molar-refractivity contribution in [3.63, 3.8) is 0 Å². The first kappa shape index (κ1) is 48.5. The highest BCUT2D eigenvalue weighted by molar-refractivity contribution is 6.43. The Balaban J connectivity index is 1.74. The number of aliphatic imine (C=N–C) groups is 2. The van der Waals surface area contributed by atoms with Gasteiger partial charge in [-0.25, -0.2) is 0 Å². The van der Waals surface area contributed by atoms with Gasteiger partial charge in [0.2, 0.25) is 0 Å². The molecule has 2 aromatic carbocycles. The summed E-state index contributed by atoms with van der Waals surface area (Å²) >= 11 is 0. The van der Waals surface area contributed by atoms with Crippen LogP contribution < -0.4 is 0 Å². The molecule has 308 valence electrons. The Morgan fingerprint density at radius 1 is 0.418 bits per heavy atom. The van der Waals surface area contributed by atoms with E-state index in [-0.39, 0.29) is 0 Å². The number of hydrogen-bond acceptors (Lipinski definition) is 2. The maximum atomic E-state index is 5.30. The van der Waals surface area contributed by atoms with E-state index in [1.165, 1.54) is 165 Å². The van der Waals surface area contributed by atoms with Gasteiger partial charge in [-0.15, -0.1) is 0 Å². The van der Waals surface area contributed by atoms with Crippen LogP contribution in [0.1, 0.15) is 244 Å². The van der Waals surface area contributed by atoms with Crippen LogP contribution in [0.15, 0.2) is 52.4 Å². The molecule has 0 aliphatic heterocycles. The Kier molecular flexibility index (Phi) is 30.5. The lowest BCUT2D eigenvalue weighted by molar-refractivity contribution is 0.520. The van der Waals surface area contributed by atoms with Crippen molar-refractivity contribution >= 4 is 22.8 Å². The molecule has 0 heterocycles. The van der Waals surface area contributed by atoms with E-state index < -0.39 is 0 Å². The van der Waals surface area contributed by atoms with Crippen molar-refractivity contribution in [2.45, 2.75) is 240 Å². The molecule has 55 heavy (non-hydrogen) atoms. The second-order valence-electron chi connectivity index (χ2n) is 16.4. The summed E-state index contributed by atoms with van der Waals surface area (Å²) in [7, 11) is 0. The Labute approximate surface area is 342 Å². The highest BCUT2D eigenvalue weighted by atomic mass is 14.8. The van der Waals surface area contributed by atoms with Gasteiger partial charge in [0.05, 0.1) is 22.8 Å². The second-order valence-corrected chi connectivity index (χ2v) is 16.4. The third-order valence-electron chi connectivity index (χ3n) is 11.3. The number of aryl methyl sites for hydroxylation is 2. The Bertz CT molecular complexity index is 1340. The molecular weight excluding hydrogens is 665 g/mol. The fourth-order valence-electron chi connectivity index (χ4n) is 7.72. The molecule has 0 amide bonds. The van der Waals surface area contributed by atoms with Gasteiger partial charge in [-0.2, -0.15) is 0 Å². The van der Waals surface area contributed by atoms with Crippen LogP contribution in [0.3, 0.4) is 0 Å². The zero-order valence-corrected chi connectivity index (χ0v) is 37.1. The molecule has 2 heteroatoms. The Morgan fingerprint density at radius 3 is 1.35 bits per heavy atom. The fourth-order valence-corrected chi connectivity index (χ4v) is 7.72. The Hall–Kier alpha value is -2.66. The molecule has 2 rings (SSSR count). The molecule has 0 bridgehead atoms. The maximum Gasteiger partial charge on any atom is 0.0646 e. The predicted octanol–water partition coefficient (Wildman–Crippen LogP) is 17.8. The van der Waals surface area contributed by atoms with Crippen molar-refractivity contribution in [2.24, 2.45) is 9.98 Å². The van der Waals surface area contributed by atoms with Crippen molar-refractivity contribution in [2.75, 3.05) is 0 Å². The van der Waals surface area contributed by atoms with Crippen LogP contribution in [-0.2, 0) is 12.8 Å². The number of nitrogens with zero attached hydrogens (tertiary/aromatic N) is 2. The van der Waals surface area contributed by atoms with Crippen LogP contribution in [0.5, 0.6) is 0 Å². The van der Waals surface area contributed by atoms with E-state index in [0.717, 1.165) is 79.7 Å². The summed E-state index contributed by atoms with van der Waals surface area (Å²) in [4.78, 5) is 10.6. The minimum atomic E-state index is 0.971. The molecule has 0 unspecified atom stereocenters. The van der Waals surface area contributed by atoms with Gasteiger partial charge in [-0.1, -0.05) is 213 Å². The van der Waals surface area contributed by atoms with E-state index in [9.17, 15) is 0 Å². The summed E-state index contributed by atoms with van der Waals surface area (Å²) in [5, 5.41) is 0. The van der Waals surface area contributed by atoms with Gasteiger partial charge in [-0.05, 0) is 86.4 Å². The number of unbranched alkanes of at least 4 members (excludes halogenated alkanes) is 25. The van der Waals surface area contributed by atoms with Crippen LogP contribution in [0, 0.1) is 11.8 Å². The molecule has 0 radical (unpaired) electrons. The van der Waals surface area contributed by atoms with Crippen molar-refractivity contribution in [3.8, 4) is 11.8 Å². The molecule has 0 atom stereocenters. The number of benzene rings is 2. The number of hydrogen-bond donors (Lipinski definition) is 0. The second kappa shape index (κ2) is 34.6. The van der Waals surface area contributed by atoms with Crippen LogP contribution in [0.4, 0.5) is 11.4 Å². The normalized spacial score (nSPS) is 11.9. The molecule has 0 saturated heterocycles. The van der Waals surface area contributed by atoms with Crippen molar-refractivity contribution in [1.82, 2.24) is 0 Å². The molecule has 0 spiro atoms. The van der Waals surface area contributed by atoms with Crippen LogP contribution in [0.2, 0.25) is 0 Å². The smallest absolute Gasteiger partial charge is 0.0646 e. The predicted molar refractivity (Wildman–Crippen MR) is 248 cm³/mol. The lowest BCUT2D eigenvalue weighted by Gasteiger charge is -2.13. The van der Waals surface area contributed by atoms with Crippen molar-refractivity contribution in [3.05, 3.63) is 59.2 Å². The molecule has 0 fully saturated rings. The van der Waals surface area contributed by atoms with Crippen LogP contribution >= 0.6 is 0 Å². The zero-order chi connectivity index (χ0) is 39.4. The summed E-state index contributed by atoms with van der Waals surface area (Å²) < 4.78 is 0. The molecule has 0 aliphatic carbocycles. The molecule has 0 saturated carbocycles. The Morgan fingerprint density at radius 2 is 0.855 bits per heavy atom. The fraction of sp³-hybridized carbons (Fsp3) is 0.698. The summed E-state index contributed by atoms with van der Waals surface area (Å²) in [6, 6.07) is 15.4.